The molecule has 4 heterocycles. The largest absolute Gasteiger partial charge is 0.483 e. The van der Waals surface area contributed by atoms with Crippen molar-refractivity contribution < 1.29 is 14.3 Å². The fourth-order valence-electron chi connectivity index (χ4n) is 3.71. The fraction of sp³-hybridized carbons (Fsp3) is 0.500. The van der Waals surface area contributed by atoms with Crippen LogP contribution in [0.2, 0.25) is 0 Å². The van der Waals surface area contributed by atoms with Crippen molar-refractivity contribution in [3.8, 4) is 0 Å². The van der Waals surface area contributed by atoms with Gasteiger partial charge in [-0.3, -0.25) is 14.6 Å². The highest BCUT2D eigenvalue weighted by Gasteiger charge is 2.27. The van der Waals surface area contributed by atoms with E-state index in [0.717, 1.165) is 31.4 Å². The van der Waals surface area contributed by atoms with E-state index in [1.807, 2.05) is 6.07 Å². The Morgan fingerprint density at radius 1 is 1.17 bits per heavy atom. The molecule has 1 N–H and O–H groups in total. The van der Waals surface area contributed by atoms with Gasteiger partial charge in [0.1, 0.15) is 5.76 Å². The number of aromatic nitrogens is 1. The minimum atomic E-state index is -0.250. The lowest BCUT2D eigenvalue weighted by molar-refractivity contribution is -0.122. The Labute approximate surface area is 142 Å². The maximum absolute atomic E-state index is 8.36. The molecule has 0 spiro atoms. The lowest BCUT2D eigenvalue weighted by atomic mass is 10.0. The van der Waals surface area contributed by atoms with Crippen LogP contribution in [-0.4, -0.2) is 51.6 Å². The zero-order valence-electron chi connectivity index (χ0n) is 13.9. The Hall–Kier alpha value is -2.05. The number of carboxylic acid groups (broad SMARTS) is 1. The Morgan fingerprint density at radius 2 is 1.96 bits per heavy atom. The highest BCUT2D eigenvalue weighted by atomic mass is 16.3. The predicted molar refractivity (Wildman–Crippen MR) is 90.5 cm³/mol. The second-order valence-corrected chi connectivity index (χ2v) is 6.36. The zero-order chi connectivity index (χ0) is 16.8. The van der Waals surface area contributed by atoms with E-state index in [2.05, 4.69) is 38.8 Å². The van der Waals surface area contributed by atoms with Gasteiger partial charge in [0, 0.05) is 50.7 Å². The van der Waals surface area contributed by atoms with Crippen molar-refractivity contribution in [3.63, 3.8) is 0 Å². The lowest BCUT2D eigenvalue weighted by Crippen LogP contribution is -2.47. The van der Waals surface area contributed by atoms with Crippen molar-refractivity contribution in [2.45, 2.75) is 38.5 Å². The van der Waals surface area contributed by atoms with Gasteiger partial charge in [-0.05, 0) is 37.1 Å². The molecule has 0 aromatic carbocycles. The SMILES string of the molecule is O=CO.c1coc(CN2CCC(N3CCn4cccc4C3)CC2)c1. The van der Waals surface area contributed by atoms with Crippen LogP contribution in [0.5, 0.6) is 0 Å². The molecule has 0 aliphatic carbocycles. The highest BCUT2D eigenvalue weighted by molar-refractivity contribution is 5.32. The normalized spacial score (nSPS) is 19.3. The van der Waals surface area contributed by atoms with Gasteiger partial charge in [-0.15, -0.1) is 0 Å². The summed E-state index contributed by atoms with van der Waals surface area (Å²) in [6.45, 7) is 6.55. The Balaban J connectivity index is 0.000000526. The van der Waals surface area contributed by atoms with Crippen LogP contribution in [0.1, 0.15) is 24.3 Å². The number of hydrogen-bond donors (Lipinski definition) is 1. The summed E-state index contributed by atoms with van der Waals surface area (Å²) >= 11 is 0. The molecule has 4 rings (SSSR count). The number of hydrogen-bond acceptors (Lipinski definition) is 4. The maximum Gasteiger partial charge on any atom is 0.290 e. The van der Waals surface area contributed by atoms with Crippen LogP contribution < -0.4 is 0 Å². The van der Waals surface area contributed by atoms with E-state index in [0.29, 0.717) is 0 Å². The quantitative estimate of drug-likeness (QED) is 0.874. The van der Waals surface area contributed by atoms with Crippen LogP contribution in [0, 0.1) is 0 Å². The first-order valence-electron chi connectivity index (χ1n) is 8.51. The number of carbonyl (C=O) groups is 1. The molecule has 24 heavy (non-hydrogen) atoms. The van der Waals surface area contributed by atoms with Gasteiger partial charge in [-0.2, -0.15) is 0 Å². The molecule has 0 saturated carbocycles. The molecule has 0 bridgehead atoms. The number of fused-ring (bicyclic) bond motifs is 1. The van der Waals surface area contributed by atoms with Gasteiger partial charge in [-0.25, -0.2) is 0 Å². The molecule has 0 amide bonds. The van der Waals surface area contributed by atoms with Gasteiger partial charge in [0.25, 0.3) is 6.47 Å². The molecule has 2 aliphatic heterocycles. The summed E-state index contributed by atoms with van der Waals surface area (Å²) in [5, 5.41) is 6.89. The van der Waals surface area contributed by atoms with Crippen molar-refractivity contribution >= 4 is 6.47 Å². The molecule has 0 atom stereocenters. The summed E-state index contributed by atoms with van der Waals surface area (Å²) in [5.41, 5.74) is 1.47. The summed E-state index contributed by atoms with van der Waals surface area (Å²) < 4.78 is 7.85. The Bertz CT molecular complexity index is 615. The monoisotopic (exact) mass is 331 g/mol. The van der Waals surface area contributed by atoms with E-state index < -0.39 is 0 Å². The molecular weight excluding hydrogens is 306 g/mol. The van der Waals surface area contributed by atoms with Gasteiger partial charge in [0.2, 0.25) is 0 Å². The van der Waals surface area contributed by atoms with Gasteiger partial charge in [-0.1, -0.05) is 0 Å². The lowest BCUT2D eigenvalue weighted by Gasteiger charge is -2.40. The van der Waals surface area contributed by atoms with Gasteiger partial charge >= 0.3 is 0 Å². The molecule has 0 radical (unpaired) electrons. The van der Waals surface area contributed by atoms with Gasteiger partial charge in [0.05, 0.1) is 12.8 Å². The predicted octanol–water partition coefficient (Wildman–Crippen LogP) is 2.26. The van der Waals surface area contributed by atoms with Crippen LogP contribution in [0.25, 0.3) is 0 Å². The van der Waals surface area contributed by atoms with E-state index in [-0.39, 0.29) is 6.47 Å². The number of rotatable bonds is 3. The minimum Gasteiger partial charge on any atom is -0.483 e. The van der Waals surface area contributed by atoms with Crippen molar-refractivity contribution in [2.75, 3.05) is 19.6 Å². The average Bonchev–Trinajstić information content (AvgIpc) is 3.27. The first kappa shape index (κ1) is 16.8. The molecule has 130 valence electrons. The summed E-state index contributed by atoms with van der Waals surface area (Å²) in [7, 11) is 0. The van der Waals surface area contributed by atoms with Crippen molar-refractivity contribution in [1.29, 1.82) is 0 Å². The maximum atomic E-state index is 8.36. The Morgan fingerprint density at radius 3 is 2.67 bits per heavy atom. The summed E-state index contributed by atoms with van der Waals surface area (Å²) in [6, 6.07) is 9.24. The van der Waals surface area contributed by atoms with Gasteiger partial charge < -0.3 is 14.1 Å². The number of nitrogens with zero attached hydrogens (tertiary/aromatic N) is 3. The van der Waals surface area contributed by atoms with Crippen LogP contribution in [-0.2, 0) is 24.4 Å². The minimum absolute atomic E-state index is 0.250. The topological polar surface area (TPSA) is 61.9 Å². The standard InChI is InChI=1S/C17H23N3O.CH2O2/c1-3-16-13-20(11-10-19(16)7-1)15-5-8-18(9-6-15)14-17-4-2-12-21-17;2-1-3/h1-4,7,12,15H,5-6,8-11,13-14H2;1H,(H,2,3). The highest BCUT2D eigenvalue weighted by Crippen LogP contribution is 2.23. The Kier molecular flexibility index (Phi) is 5.72. The van der Waals surface area contributed by atoms with Gasteiger partial charge in [0.15, 0.2) is 0 Å². The second-order valence-electron chi connectivity index (χ2n) is 6.36. The molecule has 2 aromatic heterocycles. The van der Waals surface area contributed by atoms with Crippen LogP contribution in [0.15, 0.2) is 41.1 Å². The van der Waals surface area contributed by atoms with E-state index in [1.54, 1.807) is 6.26 Å². The van der Waals surface area contributed by atoms with E-state index >= 15 is 0 Å². The first-order valence-corrected chi connectivity index (χ1v) is 8.51. The third-order valence-electron chi connectivity index (χ3n) is 4.95. The zero-order valence-corrected chi connectivity index (χ0v) is 13.9. The first-order chi connectivity index (χ1) is 11.8. The van der Waals surface area contributed by atoms with E-state index in [4.69, 9.17) is 14.3 Å². The molecule has 6 heteroatoms. The fourth-order valence-corrected chi connectivity index (χ4v) is 3.71. The van der Waals surface area contributed by atoms with Crippen molar-refractivity contribution in [2.24, 2.45) is 0 Å². The van der Waals surface area contributed by atoms with E-state index in [1.165, 1.54) is 38.2 Å². The molecule has 2 aromatic rings. The molecule has 6 nitrogen and oxygen atoms in total. The summed E-state index contributed by atoms with van der Waals surface area (Å²) in [6.07, 6.45) is 6.53. The summed E-state index contributed by atoms with van der Waals surface area (Å²) in [4.78, 5) is 13.6. The van der Waals surface area contributed by atoms with Crippen LogP contribution in [0.3, 0.4) is 0 Å². The van der Waals surface area contributed by atoms with Crippen molar-refractivity contribution in [3.05, 3.63) is 48.2 Å². The molecule has 2 aliphatic rings. The molecule has 1 fully saturated rings. The summed E-state index contributed by atoms with van der Waals surface area (Å²) in [5.74, 6) is 1.09. The van der Waals surface area contributed by atoms with Crippen molar-refractivity contribution in [1.82, 2.24) is 14.4 Å². The average molecular weight is 331 g/mol. The van der Waals surface area contributed by atoms with E-state index in [9.17, 15) is 0 Å². The molecule has 1 saturated heterocycles. The molecule has 0 unspecified atom stereocenters. The second kappa shape index (κ2) is 8.17. The van der Waals surface area contributed by atoms with Crippen LogP contribution >= 0.6 is 0 Å². The third-order valence-corrected chi connectivity index (χ3v) is 4.95. The third kappa shape index (κ3) is 4.07. The van der Waals surface area contributed by atoms with Crippen LogP contribution in [0.4, 0.5) is 0 Å². The smallest absolute Gasteiger partial charge is 0.290 e. The number of furan rings is 1. The number of likely N-dealkylation sites (tertiary alicyclic amines) is 1. The number of piperidine rings is 1. The molecular formula is C18H25N3O3.